The molecule has 3 rings (SSSR count). The number of nitrogens with zero attached hydrogens (tertiary/aromatic N) is 1. The zero-order chi connectivity index (χ0) is 20.3. The van der Waals surface area contributed by atoms with Gasteiger partial charge in [-0.25, -0.2) is 10.2 Å². The minimum absolute atomic E-state index is 0.268. The average Bonchev–Trinajstić information content (AvgIpc) is 2.71. The number of methoxy groups -OCH3 is 1. The Morgan fingerprint density at radius 3 is 2.39 bits per heavy atom. The van der Waals surface area contributed by atoms with E-state index in [1.807, 2.05) is 24.3 Å². The highest BCUT2D eigenvalue weighted by atomic mass is 31.2. The summed E-state index contributed by atoms with van der Waals surface area (Å²) in [6.07, 6.45) is -0.00703. The first-order valence-corrected chi connectivity index (χ1v) is 10.7. The summed E-state index contributed by atoms with van der Waals surface area (Å²) in [6, 6.07) is 13.7. The van der Waals surface area contributed by atoms with E-state index in [2.05, 4.69) is 0 Å². The Bertz CT molecular complexity index is 884. The fourth-order valence-corrected chi connectivity index (χ4v) is 5.94. The minimum atomic E-state index is -3.61. The quantitative estimate of drug-likeness (QED) is 0.437. The van der Waals surface area contributed by atoms with Crippen molar-refractivity contribution in [3.8, 4) is 5.75 Å². The zero-order valence-electron chi connectivity index (χ0n) is 16.2. The fourth-order valence-electron chi connectivity index (χ4n) is 3.41. The van der Waals surface area contributed by atoms with Crippen molar-refractivity contribution in [1.29, 1.82) is 0 Å². The van der Waals surface area contributed by atoms with Crippen molar-refractivity contribution in [3.63, 3.8) is 0 Å². The second-order valence-corrected chi connectivity index (χ2v) is 9.22. The lowest BCUT2D eigenvalue weighted by Crippen LogP contribution is -2.49. The van der Waals surface area contributed by atoms with Crippen LogP contribution in [0.1, 0.15) is 25.0 Å². The molecule has 1 unspecified atom stereocenters. The van der Waals surface area contributed by atoms with Crippen LogP contribution in [-0.4, -0.2) is 35.0 Å². The second-order valence-electron chi connectivity index (χ2n) is 6.93. The molecule has 28 heavy (non-hydrogen) atoms. The molecule has 150 valence electrons. The highest BCUT2D eigenvalue weighted by Gasteiger charge is 2.44. The first kappa shape index (κ1) is 20.6. The molecule has 0 saturated heterocycles. The van der Waals surface area contributed by atoms with Crippen molar-refractivity contribution in [2.24, 2.45) is 0 Å². The number of hydroxylamine groups is 1. The Hall–Kier alpha value is -2.18. The maximum Gasteiger partial charge on any atom is 0.303 e. The third kappa shape index (κ3) is 3.98. The third-order valence-corrected chi connectivity index (χ3v) is 7.48. The monoisotopic (exact) mass is 404 g/mol. The molecule has 0 bridgehead atoms. The van der Waals surface area contributed by atoms with E-state index in [4.69, 9.17) is 9.26 Å². The van der Waals surface area contributed by atoms with Gasteiger partial charge in [0.05, 0.1) is 18.5 Å². The molecule has 0 spiro atoms. The van der Waals surface area contributed by atoms with E-state index in [1.54, 1.807) is 55.4 Å². The van der Waals surface area contributed by atoms with E-state index in [9.17, 15) is 14.6 Å². The molecule has 1 aliphatic rings. The predicted octanol–water partition coefficient (Wildman–Crippen LogP) is 2.87. The van der Waals surface area contributed by atoms with Gasteiger partial charge < -0.3 is 9.26 Å². The number of ether oxygens (including phenoxy) is 1. The van der Waals surface area contributed by atoms with Crippen molar-refractivity contribution >= 4 is 18.7 Å². The van der Waals surface area contributed by atoms with Crippen LogP contribution in [0.5, 0.6) is 5.75 Å². The molecular weight excluding hydrogens is 379 g/mol. The molecular formula is C20H25N2O5P. The fraction of sp³-hybridized carbons (Fsp3) is 0.350. The molecule has 2 atom stereocenters. The topological polar surface area (TPSA) is 88.1 Å². The number of fused-ring (bicyclic) bond motifs is 1. The molecule has 2 aromatic carbocycles. The Balaban J connectivity index is 2.10. The van der Waals surface area contributed by atoms with Gasteiger partial charge in [0.2, 0.25) is 0 Å². The SMILES string of the molecule is COc1ccc(P(=O)(OC(C)C)N2Cc3ccccc3C[C@@H]2C(=O)NO)cc1. The van der Waals surface area contributed by atoms with Crippen molar-refractivity contribution in [2.45, 2.75) is 39.0 Å². The lowest BCUT2D eigenvalue weighted by atomic mass is 9.95. The number of benzene rings is 2. The highest BCUT2D eigenvalue weighted by molar-refractivity contribution is 7.64. The van der Waals surface area contributed by atoms with Crippen LogP contribution in [0.15, 0.2) is 48.5 Å². The van der Waals surface area contributed by atoms with Crippen LogP contribution in [0.4, 0.5) is 0 Å². The smallest absolute Gasteiger partial charge is 0.303 e. The minimum Gasteiger partial charge on any atom is -0.497 e. The van der Waals surface area contributed by atoms with Crippen molar-refractivity contribution in [1.82, 2.24) is 10.2 Å². The summed E-state index contributed by atoms with van der Waals surface area (Å²) >= 11 is 0. The van der Waals surface area contributed by atoms with E-state index >= 15 is 0 Å². The van der Waals surface area contributed by atoms with Gasteiger partial charge in [-0.1, -0.05) is 24.3 Å². The molecule has 0 aliphatic carbocycles. The summed E-state index contributed by atoms with van der Waals surface area (Å²) in [5, 5.41) is 9.74. The van der Waals surface area contributed by atoms with Gasteiger partial charge in [-0.05, 0) is 55.7 Å². The third-order valence-electron chi connectivity index (χ3n) is 4.73. The molecule has 0 aromatic heterocycles. The van der Waals surface area contributed by atoms with Gasteiger partial charge in [0.1, 0.15) is 11.8 Å². The van der Waals surface area contributed by atoms with E-state index in [1.165, 1.54) is 0 Å². The van der Waals surface area contributed by atoms with Crippen LogP contribution >= 0.6 is 7.52 Å². The molecule has 7 nitrogen and oxygen atoms in total. The zero-order valence-corrected chi connectivity index (χ0v) is 17.1. The molecule has 1 aliphatic heterocycles. The Labute approximate surface area is 164 Å². The lowest BCUT2D eigenvalue weighted by molar-refractivity contribution is -0.133. The van der Waals surface area contributed by atoms with Crippen molar-refractivity contribution in [2.75, 3.05) is 7.11 Å². The molecule has 0 radical (unpaired) electrons. The van der Waals surface area contributed by atoms with Crippen LogP contribution in [0.25, 0.3) is 0 Å². The van der Waals surface area contributed by atoms with Gasteiger partial charge in [-0.2, -0.15) is 0 Å². The Morgan fingerprint density at radius 2 is 1.82 bits per heavy atom. The summed E-state index contributed by atoms with van der Waals surface area (Å²) in [4.78, 5) is 12.5. The first-order valence-electron chi connectivity index (χ1n) is 9.10. The largest absolute Gasteiger partial charge is 0.497 e. The molecule has 1 heterocycles. The van der Waals surface area contributed by atoms with Crippen LogP contribution in [0.3, 0.4) is 0 Å². The van der Waals surface area contributed by atoms with Gasteiger partial charge in [0.25, 0.3) is 5.91 Å². The maximum absolute atomic E-state index is 14.2. The van der Waals surface area contributed by atoms with Crippen molar-refractivity contribution < 1.29 is 23.8 Å². The van der Waals surface area contributed by atoms with E-state index in [-0.39, 0.29) is 12.6 Å². The first-order chi connectivity index (χ1) is 13.4. The van der Waals surface area contributed by atoms with E-state index in [0.29, 0.717) is 17.5 Å². The predicted molar refractivity (Wildman–Crippen MR) is 106 cm³/mol. The van der Waals surface area contributed by atoms with Crippen LogP contribution in [0.2, 0.25) is 0 Å². The number of carbonyl (C=O) groups excluding carboxylic acids is 1. The Kier molecular flexibility index (Phi) is 6.20. The van der Waals surface area contributed by atoms with Crippen LogP contribution in [0, 0.1) is 0 Å². The van der Waals surface area contributed by atoms with Crippen LogP contribution < -0.4 is 15.5 Å². The molecule has 0 saturated carbocycles. The average molecular weight is 404 g/mol. The second kappa shape index (κ2) is 8.45. The number of hydrogen-bond donors (Lipinski definition) is 2. The summed E-state index contributed by atoms with van der Waals surface area (Å²) in [5.41, 5.74) is 3.68. The lowest BCUT2D eigenvalue weighted by Gasteiger charge is -2.40. The van der Waals surface area contributed by atoms with Gasteiger partial charge in [0.15, 0.2) is 0 Å². The number of rotatable bonds is 6. The maximum atomic E-state index is 14.2. The van der Waals surface area contributed by atoms with Gasteiger partial charge in [-0.15, -0.1) is 0 Å². The standard InChI is InChI=1S/C20H25N2O5P/c1-14(2)27-28(25,18-10-8-17(26-3)9-11-18)22-13-16-7-5-4-6-15(16)12-19(22)20(23)21-24/h4-11,14,19,24H,12-13H2,1-3H3,(H,21,23)/t19-,28?/m1/s1. The Morgan fingerprint density at radius 1 is 1.18 bits per heavy atom. The summed E-state index contributed by atoms with van der Waals surface area (Å²) in [5.74, 6) is 0.0177. The van der Waals surface area contributed by atoms with E-state index in [0.717, 1.165) is 11.1 Å². The molecule has 0 fully saturated rings. The molecule has 2 N–H and O–H groups in total. The number of amides is 1. The van der Waals surface area contributed by atoms with Crippen LogP contribution in [-0.2, 0) is 26.8 Å². The van der Waals surface area contributed by atoms with Crippen molar-refractivity contribution in [3.05, 3.63) is 59.7 Å². The molecule has 2 aromatic rings. The van der Waals surface area contributed by atoms with Gasteiger partial charge in [0, 0.05) is 6.54 Å². The number of hydrogen-bond acceptors (Lipinski definition) is 5. The number of nitrogens with one attached hydrogen (secondary N) is 1. The van der Waals surface area contributed by atoms with Gasteiger partial charge >= 0.3 is 7.52 Å². The summed E-state index contributed by atoms with van der Waals surface area (Å²) < 4.78 is 26.9. The van der Waals surface area contributed by atoms with Gasteiger partial charge in [-0.3, -0.25) is 14.6 Å². The molecule has 1 amide bonds. The highest BCUT2D eigenvalue weighted by Crippen LogP contribution is 2.54. The van der Waals surface area contributed by atoms with E-state index < -0.39 is 19.5 Å². The summed E-state index contributed by atoms with van der Waals surface area (Å²) in [6.45, 7) is 3.87. The number of carbonyl (C=O) groups is 1. The normalized spacial score (nSPS) is 19.0. The summed E-state index contributed by atoms with van der Waals surface area (Å²) in [7, 11) is -2.05. The molecule has 8 heteroatoms.